The van der Waals surface area contributed by atoms with E-state index in [0.29, 0.717) is 6.54 Å². The zero-order chi connectivity index (χ0) is 25.5. The van der Waals surface area contributed by atoms with Crippen LogP contribution in [0.4, 0.5) is 17.6 Å². The quantitative estimate of drug-likeness (QED) is 0.307. The molecule has 4 rings (SSSR count). The van der Waals surface area contributed by atoms with Gasteiger partial charge < -0.3 is 9.64 Å². The summed E-state index contributed by atoms with van der Waals surface area (Å²) < 4.78 is 59.5. The van der Waals surface area contributed by atoms with E-state index in [9.17, 15) is 17.6 Å². The Balaban J connectivity index is 1.24. The van der Waals surface area contributed by atoms with Crippen LogP contribution in [0.25, 0.3) is 0 Å². The van der Waals surface area contributed by atoms with Gasteiger partial charge in [-0.3, -0.25) is 4.90 Å². The van der Waals surface area contributed by atoms with Crippen LogP contribution in [0.3, 0.4) is 0 Å². The first kappa shape index (κ1) is 26.2. The van der Waals surface area contributed by atoms with Gasteiger partial charge in [0.1, 0.15) is 23.6 Å². The number of benzene rings is 3. The third-order valence-corrected chi connectivity index (χ3v) is 6.71. The van der Waals surface area contributed by atoms with Gasteiger partial charge in [-0.25, -0.2) is 17.6 Å². The highest BCUT2D eigenvalue weighted by atomic mass is 19.1. The van der Waals surface area contributed by atoms with Crippen LogP contribution in [0.5, 0.6) is 5.75 Å². The Labute approximate surface area is 210 Å². The van der Waals surface area contributed by atoms with Gasteiger partial charge in [-0.1, -0.05) is 24.3 Å². The fraction of sp³-hybridized carbons (Fsp3) is 0.379. The minimum absolute atomic E-state index is 0.0689. The van der Waals surface area contributed by atoms with Crippen molar-refractivity contribution in [2.75, 3.05) is 39.3 Å². The van der Waals surface area contributed by atoms with Crippen molar-refractivity contribution in [1.29, 1.82) is 0 Å². The van der Waals surface area contributed by atoms with Gasteiger partial charge in [0.15, 0.2) is 11.6 Å². The molecule has 1 saturated heterocycles. The van der Waals surface area contributed by atoms with Crippen molar-refractivity contribution in [1.82, 2.24) is 9.80 Å². The van der Waals surface area contributed by atoms with Crippen LogP contribution in [0.15, 0.2) is 66.7 Å². The molecule has 192 valence electrons. The third kappa shape index (κ3) is 7.31. The number of ether oxygens (including phenoxy) is 1. The maximum absolute atomic E-state index is 13.8. The molecule has 0 saturated carbocycles. The number of halogens is 4. The molecule has 3 aromatic rings. The summed E-state index contributed by atoms with van der Waals surface area (Å²) >= 11 is 0. The Morgan fingerprint density at radius 2 is 1.25 bits per heavy atom. The van der Waals surface area contributed by atoms with Crippen LogP contribution in [0, 0.1) is 23.3 Å². The topological polar surface area (TPSA) is 15.7 Å². The van der Waals surface area contributed by atoms with Crippen LogP contribution in [0.1, 0.15) is 36.8 Å². The SMILES string of the molecule is C[C@H](CN1CCN(CCCC(c2ccc(F)cc2)c2ccc(F)cc2)CC1)Oc1ccc(F)cc1F. The number of rotatable bonds is 10. The Hall–Kier alpha value is -2.90. The molecule has 1 aliphatic heterocycles. The van der Waals surface area contributed by atoms with Crippen LogP contribution in [-0.2, 0) is 0 Å². The lowest BCUT2D eigenvalue weighted by molar-refractivity contribution is 0.0879. The lowest BCUT2D eigenvalue weighted by atomic mass is 9.87. The van der Waals surface area contributed by atoms with Crippen LogP contribution >= 0.6 is 0 Å². The Morgan fingerprint density at radius 1 is 0.722 bits per heavy atom. The molecule has 0 aromatic heterocycles. The monoisotopic (exact) mass is 500 g/mol. The number of piperazine rings is 1. The van der Waals surface area contributed by atoms with E-state index in [4.69, 9.17) is 4.74 Å². The predicted octanol–water partition coefficient (Wildman–Crippen LogP) is 6.24. The zero-order valence-corrected chi connectivity index (χ0v) is 20.5. The van der Waals surface area contributed by atoms with Crippen molar-refractivity contribution >= 4 is 0 Å². The van der Waals surface area contributed by atoms with Gasteiger partial charge in [-0.2, -0.15) is 0 Å². The fourth-order valence-corrected chi connectivity index (χ4v) is 4.82. The molecule has 0 spiro atoms. The molecular weight excluding hydrogens is 468 g/mol. The summed E-state index contributed by atoms with van der Waals surface area (Å²) in [6, 6.07) is 16.5. The van der Waals surface area contributed by atoms with Gasteiger partial charge in [0, 0.05) is 44.7 Å². The van der Waals surface area contributed by atoms with Gasteiger partial charge in [0.25, 0.3) is 0 Å². The smallest absolute Gasteiger partial charge is 0.167 e. The third-order valence-electron chi connectivity index (χ3n) is 6.71. The minimum Gasteiger partial charge on any atom is -0.486 e. The maximum atomic E-state index is 13.8. The lowest BCUT2D eigenvalue weighted by Crippen LogP contribution is -2.49. The van der Waals surface area contributed by atoms with Gasteiger partial charge in [-0.15, -0.1) is 0 Å². The molecule has 1 aliphatic rings. The maximum Gasteiger partial charge on any atom is 0.167 e. The highest BCUT2D eigenvalue weighted by Gasteiger charge is 2.21. The molecule has 1 heterocycles. The average Bonchev–Trinajstić information content (AvgIpc) is 2.86. The summed E-state index contributed by atoms with van der Waals surface area (Å²) in [7, 11) is 0. The summed E-state index contributed by atoms with van der Waals surface area (Å²) in [6.07, 6.45) is 1.62. The first-order valence-corrected chi connectivity index (χ1v) is 12.4. The first-order chi connectivity index (χ1) is 17.4. The standard InChI is InChI=1S/C29H32F4N2O/c1-21(36-29-13-12-26(32)19-28(29)33)20-35-17-15-34(16-18-35)14-2-3-27(22-4-8-24(30)9-5-22)23-6-10-25(31)11-7-23/h4-13,19,21,27H,2-3,14-18,20H2,1H3/t21-/m1/s1. The van der Waals surface area contributed by atoms with E-state index in [-0.39, 0.29) is 29.4 Å². The minimum atomic E-state index is -0.689. The van der Waals surface area contributed by atoms with Crippen LogP contribution in [0.2, 0.25) is 0 Å². The van der Waals surface area contributed by atoms with E-state index in [1.54, 1.807) is 0 Å². The predicted molar refractivity (Wildman–Crippen MR) is 133 cm³/mol. The summed E-state index contributed by atoms with van der Waals surface area (Å²) in [4.78, 5) is 4.72. The Kier molecular flexibility index (Phi) is 8.99. The molecule has 3 aromatic carbocycles. The summed E-state index contributed by atoms with van der Waals surface area (Å²) in [6.45, 7) is 7.13. The van der Waals surface area contributed by atoms with Crippen molar-refractivity contribution < 1.29 is 22.3 Å². The molecule has 1 fully saturated rings. The van der Waals surface area contributed by atoms with Crippen molar-refractivity contribution in [3.05, 3.63) is 101 Å². The summed E-state index contributed by atoms with van der Waals surface area (Å²) in [5.74, 6) is -1.69. The van der Waals surface area contributed by atoms with E-state index < -0.39 is 11.6 Å². The molecule has 0 radical (unpaired) electrons. The number of hydrogen-bond donors (Lipinski definition) is 0. The van der Waals surface area contributed by atoms with Gasteiger partial charge in [-0.05, 0) is 73.8 Å². The average molecular weight is 501 g/mol. The highest BCUT2D eigenvalue weighted by Crippen LogP contribution is 2.30. The number of nitrogens with zero attached hydrogens (tertiary/aromatic N) is 2. The van der Waals surface area contributed by atoms with Gasteiger partial charge in [0.05, 0.1) is 0 Å². The second-order valence-electron chi connectivity index (χ2n) is 9.44. The summed E-state index contributed by atoms with van der Waals surface area (Å²) in [5, 5.41) is 0. The van der Waals surface area contributed by atoms with Gasteiger partial charge >= 0.3 is 0 Å². The summed E-state index contributed by atoms with van der Waals surface area (Å²) in [5.41, 5.74) is 2.05. The van der Waals surface area contributed by atoms with Crippen molar-refractivity contribution in [3.8, 4) is 5.75 Å². The van der Waals surface area contributed by atoms with E-state index in [2.05, 4.69) is 9.80 Å². The van der Waals surface area contributed by atoms with Crippen molar-refractivity contribution in [2.45, 2.75) is 31.8 Å². The Bertz CT molecular complexity index is 1050. The van der Waals surface area contributed by atoms with Crippen molar-refractivity contribution in [3.63, 3.8) is 0 Å². The molecule has 0 bridgehead atoms. The second kappa shape index (κ2) is 12.4. The van der Waals surface area contributed by atoms with E-state index in [1.165, 1.54) is 36.4 Å². The molecule has 0 unspecified atom stereocenters. The molecule has 1 atom stereocenters. The van der Waals surface area contributed by atoms with E-state index >= 15 is 0 Å². The van der Waals surface area contributed by atoms with Crippen LogP contribution < -0.4 is 4.74 Å². The number of hydrogen-bond acceptors (Lipinski definition) is 3. The van der Waals surface area contributed by atoms with E-state index in [0.717, 1.165) is 62.8 Å². The van der Waals surface area contributed by atoms with E-state index in [1.807, 2.05) is 31.2 Å². The molecule has 0 aliphatic carbocycles. The molecule has 0 amide bonds. The second-order valence-corrected chi connectivity index (χ2v) is 9.44. The fourth-order valence-electron chi connectivity index (χ4n) is 4.82. The Morgan fingerprint density at radius 3 is 1.81 bits per heavy atom. The van der Waals surface area contributed by atoms with Crippen molar-refractivity contribution in [2.24, 2.45) is 0 Å². The lowest BCUT2D eigenvalue weighted by Gasteiger charge is -2.36. The normalized spacial score (nSPS) is 15.8. The molecule has 36 heavy (non-hydrogen) atoms. The first-order valence-electron chi connectivity index (χ1n) is 12.4. The molecule has 0 N–H and O–H groups in total. The zero-order valence-electron chi connectivity index (χ0n) is 20.5. The van der Waals surface area contributed by atoms with Gasteiger partial charge in [0.2, 0.25) is 0 Å². The molecular formula is C29H32F4N2O. The molecule has 7 heteroatoms. The highest BCUT2D eigenvalue weighted by molar-refractivity contribution is 5.32. The molecule has 3 nitrogen and oxygen atoms in total. The largest absolute Gasteiger partial charge is 0.486 e. The van der Waals surface area contributed by atoms with Crippen LogP contribution in [-0.4, -0.2) is 55.2 Å².